The lowest BCUT2D eigenvalue weighted by atomic mass is 10.0. The monoisotopic (exact) mass is 582 g/mol. The third-order valence-corrected chi connectivity index (χ3v) is 7.02. The topological polar surface area (TPSA) is 82.9 Å². The Balaban J connectivity index is 1.65. The number of benzene rings is 1. The van der Waals surface area contributed by atoms with Crippen LogP contribution in [0.1, 0.15) is 22.5 Å². The van der Waals surface area contributed by atoms with E-state index in [9.17, 15) is 26.7 Å². The summed E-state index contributed by atoms with van der Waals surface area (Å²) in [5.41, 5.74) is -4.03. The number of methoxy groups -OCH3 is 1. The SMILES string of the molecule is CNC(=O)c1ccc(OC)c(NCC#Cc2nc3c(N[C@@H]4CCN(C)C[C@@H]4F)cc(F)cn3c2SC(F)(F)F)c1. The molecule has 40 heavy (non-hydrogen) atoms. The third kappa shape index (κ3) is 6.89. The molecule has 0 radical (unpaired) electrons. The van der Waals surface area contributed by atoms with E-state index in [0.717, 1.165) is 16.7 Å². The van der Waals surface area contributed by atoms with Crippen LogP contribution >= 0.6 is 11.8 Å². The molecule has 1 amide bonds. The lowest BCUT2D eigenvalue weighted by Gasteiger charge is -2.33. The minimum absolute atomic E-state index is 0.00325. The van der Waals surface area contributed by atoms with E-state index >= 15 is 0 Å². The van der Waals surface area contributed by atoms with Crippen LogP contribution < -0.4 is 20.7 Å². The molecule has 2 aromatic heterocycles. The number of amides is 1. The van der Waals surface area contributed by atoms with Gasteiger partial charge in [0.2, 0.25) is 0 Å². The number of halogens is 5. The van der Waals surface area contributed by atoms with Gasteiger partial charge >= 0.3 is 5.51 Å². The van der Waals surface area contributed by atoms with Gasteiger partial charge < -0.3 is 25.6 Å². The quantitative estimate of drug-likeness (QED) is 0.217. The summed E-state index contributed by atoms with van der Waals surface area (Å²) in [6.07, 6.45) is 0.0563. The number of carbonyl (C=O) groups excluding carboxylic acids is 1. The number of likely N-dealkylation sites (tertiary alicyclic amines) is 1. The molecule has 1 aliphatic rings. The molecule has 14 heteroatoms. The average Bonchev–Trinajstić information content (AvgIpc) is 3.23. The first-order valence-corrected chi connectivity index (χ1v) is 13.0. The van der Waals surface area contributed by atoms with Crippen LogP contribution in [0.5, 0.6) is 5.75 Å². The van der Waals surface area contributed by atoms with E-state index in [2.05, 4.69) is 32.8 Å². The molecule has 0 aliphatic carbocycles. The smallest absolute Gasteiger partial charge is 0.447 e. The molecule has 3 aromatic rings. The van der Waals surface area contributed by atoms with Gasteiger partial charge in [-0.25, -0.2) is 13.8 Å². The van der Waals surface area contributed by atoms with Crippen molar-refractivity contribution in [2.75, 3.05) is 51.5 Å². The number of imidazole rings is 1. The molecule has 0 saturated carbocycles. The fourth-order valence-corrected chi connectivity index (χ4v) is 4.95. The third-order valence-electron chi connectivity index (χ3n) is 6.20. The molecule has 0 unspecified atom stereocenters. The van der Waals surface area contributed by atoms with Crippen LogP contribution in [0.25, 0.3) is 5.65 Å². The lowest BCUT2D eigenvalue weighted by molar-refractivity contribution is -0.0330. The summed E-state index contributed by atoms with van der Waals surface area (Å²) in [6, 6.07) is 5.15. The van der Waals surface area contributed by atoms with Crippen molar-refractivity contribution < 1.29 is 31.5 Å². The predicted octanol–water partition coefficient (Wildman–Crippen LogP) is 4.37. The molecule has 214 valence electrons. The maximum Gasteiger partial charge on any atom is 0.447 e. The molecule has 8 nitrogen and oxygen atoms in total. The Kier molecular flexibility index (Phi) is 8.95. The Morgan fingerprint density at radius 3 is 2.73 bits per heavy atom. The Morgan fingerprint density at radius 2 is 2.05 bits per heavy atom. The van der Waals surface area contributed by atoms with Crippen LogP contribution in [0.3, 0.4) is 0 Å². The molecule has 1 aliphatic heterocycles. The number of hydrogen-bond acceptors (Lipinski definition) is 7. The second-order valence-electron chi connectivity index (χ2n) is 9.05. The van der Waals surface area contributed by atoms with Crippen LogP contribution in [0, 0.1) is 17.7 Å². The van der Waals surface area contributed by atoms with E-state index < -0.39 is 40.3 Å². The van der Waals surface area contributed by atoms with Crippen molar-refractivity contribution >= 4 is 34.7 Å². The molecule has 0 spiro atoms. The first kappa shape index (κ1) is 29.3. The first-order valence-electron chi connectivity index (χ1n) is 12.2. The van der Waals surface area contributed by atoms with Gasteiger partial charge in [-0.15, -0.1) is 0 Å². The van der Waals surface area contributed by atoms with Crippen LogP contribution in [-0.4, -0.2) is 78.8 Å². The zero-order chi connectivity index (χ0) is 29.0. The maximum absolute atomic E-state index is 14.6. The molecule has 3 N–H and O–H groups in total. The van der Waals surface area contributed by atoms with E-state index in [1.165, 1.54) is 14.2 Å². The van der Waals surface area contributed by atoms with Gasteiger partial charge in [0.1, 0.15) is 28.5 Å². The number of aromatic nitrogens is 2. The van der Waals surface area contributed by atoms with Crippen molar-refractivity contribution in [3.63, 3.8) is 0 Å². The van der Waals surface area contributed by atoms with Crippen LogP contribution in [0.15, 0.2) is 35.5 Å². The van der Waals surface area contributed by atoms with E-state index in [4.69, 9.17) is 4.74 Å². The second kappa shape index (κ2) is 12.2. The number of pyridine rings is 1. The number of anilines is 2. The average molecular weight is 583 g/mol. The lowest BCUT2D eigenvalue weighted by Crippen LogP contribution is -2.46. The zero-order valence-corrected chi connectivity index (χ0v) is 22.6. The summed E-state index contributed by atoms with van der Waals surface area (Å²) in [6.45, 7) is 0.747. The Labute approximate surface area is 231 Å². The standard InChI is InChI=1S/C26H27F5N6O2S/c1-32-24(38)15-6-7-22(39-3)20(11-15)33-9-4-5-19-25(40-26(29,30)31)37-13-16(27)12-21(23(37)35-19)34-18-8-10-36(2)14-17(18)28/h6-7,11-13,17-18,33-34H,8-10,14H2,1-3H3,(H,32,38)/t17-,18+/m0/s1. The van der Waals surface area contributed by atoms with E-state index in [1.807, 2.05) is 4.90 Å². The van der Waals surface area contributed by atoms with Gasteiger partial charge in [0.25, 0.3) is 5.91 Å². The van der Waals surface area contributed by atoms with Crippen molar-refractivity contribution in [3.05, 3.63) is 47.5 Å². The molecule has 3 heterocycles. The number of nitrogens with zero attached hydrogens (tertiary/aromatic N) is 3. The number of ether oxygens (including phenoxy) is 1. The number of carbonyl (C=O) groups is 1. The largest absolute Gasteiger partial charge is 0.495 e. The highest BCUT2D eigenvalue weighted by Crippen LogP contribution is 2.40. The summed E-state index contributed by atoms with van der Waals surface area (Å²) in [4.78, 5) is 18.1. The molecule has 0 bridgehead atoms. The summed E-state index contributed by atoms with van der Waals surface area (Å²) in [5.74, 6) is 4.66. The van der Waals surface area contributed by atoms with E-state index in [1.54, 1.807) is 25.2 Å². The molecular formula is C26H27F5N6O2S. The van der Waals surface area contributed by atoms with Crippen molar-refractivity contribution in [2.45, 2.75) is 29.2 Å². The van der Waals surface area contributed by atoms with Crippen LogP contribution in [0.4, 0.5) is 33.3 Å². The second-order valence-corrected chi connectivity index (χ2v) is 10.1. The Morgan fingerprint density at radius 1 is 1.27 bits per heavy atom. The van der Waals surface area contributed by atoms with Gasteiger partial charge in [-0.1, -0.05) is 5.92 Å². The Hall–Kier alpha value is -3.70. The number of rotatable bonds is 7. The zero-order valence-electron chi connectivity index (χ0n) is 21.8. The minimum Gasteiger partial charge on any atom is -0.495 e. The normalized spacial score (nSPS) is 17.7. The summed E-state index contributed by atoms with van der Waals surface area (Å²) in [7, 11) is 4.73. The molecule has 2 atom stereocenters. The summed E-state index contributed by atoms with van der Waals surface area (Å²) >= 11 is -0.466. The molecular weight excluding hydrogens is 555 g/mol. The number of hydrogen-bond donors (Lipinski definition) is 3. The van der Waals surface area contributed by atoms with Gasteiger partial charge in [-0.05, 0) is 37.6 Å². The highest BCUT2D eigenvalue weighted by molar-refractivity contribution is 8.00. The maximum atomic E-state index is 14.6. The van der Waals surface area contributed by atoms with Gasteiger partial charge in [0.15, 0.2) is 5.65 Å². The first-order chi connectivity index (χ1) is 19.0. The van der Waals surface area contributed by atoms with Crippen LogP contribution in [-0.2, 0) is 0 Å². The predicted molar refractivity (Wildman–Crippen MR) is 143 cm³/mol. The summed E-state index contributed by atoms with van der Waals surface area (Å²) in [5, 5.41) is 8.01. The number of alkyl halides is 4. The van der Waals surface area contributed by atoms with Gasteiger partial charge in [0.05, 0.1) is 31.1 Å². The molecule has 1 aromatic carbocycles. The van der Waals surface area contributed by atoms with E-state index in [0.29, 0.717) is 30.0 Å². The van der Waals surface area contributed by atoms with Crippen molar-refractivity contribution in [1.29, 1.82) is 0 Å². The van der Waals surface area contributed by atoms with Gasteiger partial charge in [-0.3, -0.25) is 9.20 Å². The number of piperidine rings is 1. The molecule has 1 fully saturated rings. The van der Waals surface area contributed by atoms with Crippen LogP contribution in [0.2, 0.25) is 0 Å². The van der Waals surface area contributed by atoms with Gasteiger partial charge in [-0.2, -0.15) is 13.2 Å². The number of nitrogens with one attached hydrogen (secondary N) is 3. The van der Waals surface area contributed by atoms with Crippen molar-refractivity contribution in [1.82, 2.24) is 19.6 Å². The fourth-order valence-electron chi connectivity index (χ4n) is 4.30. The highest BCUT2D eigenvalue weighted by atomic mass is 32.2. The Bertz CT molecular complexity index is 1450. The van der Waals surface area contributed by atoms with E-state index in [-0.39, 0.29) is 36.0 Å². The highest BCUT2D eigenvalue weighted by Gasteiger charge is 2.34. The van der Waals surface area contributed by atoms with Crippen molar-refractivity contribution in [3.8, 4) is 17.6 Å². The van der Waals surface area contributed by atoms with Gasteiger partial charge in [0, 0.05) is 49.7 Å². The summed E-state index contributed by atoms with van der Waals surface area (Å²) < 4.78 is 75.8. The minimum atomic E-state index is -4.70. The van der Waals surface area contributed by atoms with Crippen molar-refractivity contribution in [2.24, 2.45) is 0 Å². The number of thioether (sulfide) groups is 1. The number of fused-ring (bicyclic) bond motifs is 1. The molecule has 1 saturated heterocycles. The molecule has 4 rings (SSSR count). The fraction of sp³-hybridized carbons (Fsp3) is 0.385.